The van der Waals surface area contributed by atoms with E-state index in [0.717, 1.165) is 0 Å². The van der Waals surface area contributed by atoms with Crippen LogP contribution in [0, 0.1) is 12.1 Å². The standard InChI is InChI=1S/C4H4N2O4/c1-2-3(4(7)8)6(9)10-5-2/h1H3,(H,7,8)/p-1. The van der Waals surface area contributed by atoms with Gasteiger partial charge in [-0.2, -0.15) is 0 Å². The van der Waals surface area contributed by atoms with E-state index in [1.807, 2.05) is 0 Å². The van der Waals surface area contributed by atoms with Crippen molar-refractivity contribution < 1.29 is 19.4 Å². The van der Waals surface area contributed by atoms with Gasteiger partial charge in [-0.05, 0) is 4.90 Å². The average Bonchev–Trinajstić information content (AvgIpc) is 2.11. The van der Waals surface area contributed by atoms with Crippen LogP contribution in [0.25, 0.3) is 0 Å². The molecule has 6 nitrogen and oxygen atoms in total. The van der Waals surface area contributed by atoms with Crippen LogP contribution in [0.3, 0.4) is 0 Å². The zero-order valence-corrected chi connectivity index (χ0v) is 5.03. The maximum absolute atomic E-state index is 10.3. The van der Waals surface area contributed by atoms with Gasteiger partial charge >= 0.3 is 0 Å². The number of carbonyl (C=O) groups is 1. The molecule has 0 amide bonds. The van der Waals surface area contributed by atoms with Gasteiger partial charge in [0.2, 0.25) is 11.4 Å². The molecular formula is C4H3N2O4-. The molecule has 0 fully saturated rings. The van der Waals surface area contributed by atoms with E-state index in [0.29, 0.717) is 0 Å². The molecule has 0 atom stereocenters. The van der Waals surface area contributed by atoms with Crippen molar-refractivity contribution in [3.63, 3.8) is 0 Å². The van der Waals surface area contributed by atoms with Crippen LogP contribution in [0.5, 0.6) is 0 Å². The first kappa shape index (κ1) is 6.53. The summed E-state index contributed by atoms with van der Waals surface area (Å²) in [7, 11) is 0. The lowest BCUT2D eigenvalue weighted by Crippen LogP contribution is -2.38. The molecule has 1 rings (SSSR count). The normalized spacial score (nSPS) is 9.70. The number of carboxylic acids is 1. The number of nitrogens with zero attached hydrogens (tertiary/aromatic N) is 2. The fraction of sp³-hybridized carbons (Fsp3) is 0.250. The fourth-order valence-corrected chi connectivity index (χ4v) is 0.537. The van der Waals surface area contributed by atoms with Crippen molar-refractivity contribution >= 4 is 5.97 Å². The third kappa shape index (κ3) is 0.790. The van der Waals surface area contributed by atoms with Crippen molar-refractivity contribution in [1.82, 2.24) is 5.16 Å². The van der Waals surface area contributed by atoms with Crippen LogP contribution in [0.15, 0.2) is 4.63 Å². The molecule has 0 saturated heterocycles. The van der Waals surface area contributed by atoms with Crippen molar-refractivity contribution in [2.75, 3.05) is 0 Å². The van der Waals surface area contributed by atoms with E-state index in [1.54, 1.807) is 0 Å². The van der Waals surface area contributed by atoms with Crippen LogP contribution in [-0.2, 0) is 0 Å². The van der Waals surface area contributed by atoms with E-state index in [9.17, 15) is 15.1 Å². The minimum atomic E-state index is -1.59. The van der Waals surface area contributed by atoms with E-state index < -0.39 is 11.7 Å². The second-order valence-electron chi connectivity index (χ2n) is 1.65. The molecule has 0 bridgehead atoms. The van der Waals surface area contributed by atoms with Gasteiger partial charge < -0.3 is 15.1 Å². The molecule has 0 aliphatic carbocycles. The van der Waals surface area contributed by atoms with Gasteiger partial charge in [0.1, 0.15) is 5.97 Å². The number of aromatic carboxylic acids is 1. The van der Waals surface area contributed by atoms with Gasteiger partial charge in [-0.25, -0.2) is 0 Å². The highest BCUT2D eigenvalue weighted by Gasteiger charge is 2.14. The summed E-state index contributed by atoms with van der Waals surface area (Å²) in [6.45, 7) is 1.34. The first-order chi connectivity index (χ1) is 4.63. The maximum Gasteiger partial charge on any atom is 0.243 e. The number of hydrogen-bond donors (Lipinski definition) is 0. The van der Waals surface area contributed by atoms with E-state index in [4.69, 9.17) is 0 Å². The molecule has 0 unspecified atom stereocenters. The Bertz CT molecular complexity index is 247. The molecule has 54 valence electrons. The Hall–Kier alpha value is -1.59. The molecule has 0 aromatic carbocycles. The molecule has 0 aliphatic heterocycles. The highest BCUT2D eigenvalue weighted by molar-refractivity contribution is 5.82. The van der Waals surface area contributed by atoms with Gasteiger partial charge in [0.05, 0.1) is 0 Å². The summed E-state index contributed by atoms with van der Waals surface area (Å²) in [6.07, 6.45) is 0. The Morgan fingerprint density at radius 2 is 2.40 bits per heavy atom. The Kier molecular flexibility index (Phi) is 1.29. The molecule has 6 heteroatoms. The van der Waals surface area contributed by atoms with Crippen LogP contribution in [0.4, 0.5) is 0 Å². The molecule has 0 spiro atoms. The number of carbonyl (C=O) groups excluding carboxylic acids is 1. The van der Waals surface area contributed by atoms with E-state index in [2.05, 4.69) is 9.79 Å². The van der Waals surface area contributed by atoms with Gasteiger partial charge in [-0.3, -0.25) is 4.63 Å². The third-order valence-corrected chi connectivity index (χ3v) is 0.971. The lowest BCUT2D eigenvalue weighted by Gasteiger charge is -1.94. The van der Waals surface area contributed by atoms with Crippen LogP contribution < -0.4 is 10.0 Å². The molecule has 1 heterocycles. The van der Waals surface area contributed by atoms with Crippen LogP contribution in [0.2, 0.25) is 0 Å². The lowest BCUT2D eigenvalue weighted by molar-refractivity contribution is -0.805. The smallest absolute Gasteiger partial charge is 0.243 e. The monoisotopic (exact) mass is 143 g/mol. The summed E-state index contributed by atoms with van der Waals surface area (Å²) < 4.78 is 3.95. The minimum absolute atomic E-state index is 0.00926. The van der Waals surface area contributed by atoms with Gasteiger partial charge in [0.15, 0.2) is 0 Å². The zero-order valence-electron chi connectivity index (χ0n) is 5.03. The van der Waals surface area contributed by atoms with Crippen molar-refractivity contribution in [1.29, 1.82) is 0 Å². The van der Waals surface area contributed by atoms with Gasteiger partial charge in [0.25, 0.3) is 0 Å². The Morgan fingerprint density at radius 3 is 2.60 bits per heavy atom. The second kappa shape index (κ2) is 1.98. The van der Waals surface area contributed by atoms with E-state index in [-0.39, 0.29) is 10.6 Å². The number of aromatic nitrogens is 2. The highest BCUT2D eigenvalue weighted by atomic mass is 16.8. The molecule has 0 radical (unpaired) electrons. The maximum atomic E-state index is 10.3. The number of aryl methyl sites for hydroxylation is 1. The number of hydrogen-bond acceptors (Lipinski definition) is 5. The summed E-state index contributed by atoms with van der Waals surface area (Å²) in [4.78, 5) is 9.87. The predicted octanol–water partition coefficient (Wildman–Crippen LogP) is -2.02. The van der Waals surface area contributed by atoms with Gasteiger partial charge in [-0.15, -0.1) is 0 Å². The fourth-order valence-electron chi connectivity index (χ4n) is 0.537. The summed E-state index contributed by atoms with van der Waals surface area (Å²) in [5.74, 6) is -1.59. The zero-order chi connectivity index (χ0) is 7.72. The summed E-state index contributed by atoms with van der Waals surface area (Å²) in [5.41, 5.74) is -0.574. The first-order valence-electron chi connectivity index (χ1n) is 2.40. The molecule has 10 heavy (non-hydrogen) atoms. The SMILES string of the molecule is Cc1no[n+]([O-])c1C(=O)[O-]. The highest BCUT2D eigenvalue weighted by Crippen LogP contribution is 1.94. The second-order valence-corrected chi connectivity index (χ2v) is 1.65. The van der Waals surface area contributed by atoms with E-state index in [1.165, 1.54) is 6.92 Å². The minimum Gasteiger partial charge on any atom is -0.541 e. The van der Waals surface area contributed by atoms with Crippen molar-refractivity contribution in [2.45, 2.75) is 6.92 Å². The third-order valence-electron chi connectivity index (χ3n) is 0.971. The molecular weight excluding hydrogens is 140 g/mol. The summed E-state index contributed by atoms with van der Waals surface area (Å²) in [6, 6.07) is 0. The van der Waals surface area contributed by atoms with Crippen molar-refractivity contribution in [3.05, 3.63) is 16.6 Å². The topological polar surface area (TPSA) is 93.1 Å². The molecule has 1 aromatic heterocycles. The van der Waals surface area contributed by atoms with Gasteiger partial charge in [-0.1, -0.05) is 0 Å². The Labute approximate surface area is 55.2 Å². The molecule has 0 aliphatic rings. The predicted molar refractivity (Wildman–Crippen MR) is 24.5 cm³/mol. The molecule has 0 N–H and O–H groups in total. The quantitative estimate of drug-likeness (QED) is 0.423. The first-order valence-corrected chi connectivity index (χ1v) is 2.40. The van der Waals surface area contributed by atoms with Crippen molar-refractivity contribution in [3.8, 4) is 0 Å². The number of rotatable bonds is 1. The lowest BCUT2D eigenvalue weighted by atomic mass is 10.3. The average molecular weight is 143 g/mol. The largest absolute Gasteiger partial charge is 0.541 e. The van der Waals surface area contributed by atoms with Crippen molar-refractivity contribution in [2.24, 2.45) is 0 Å². The summed E-state index contributed by atoms with van der Waals surface area (Å²) in [5, 5.41) is 23.5. The molecule has 0 saturated carbocycles. The van der Waals surface area contributed by atoms with Crippen LogP contribution in [0.1, 0.15) is 16.2 Å². The van der Waals surface area contributed by atoms with Crippen LogP contribution in [-0.4, -0.2) is 11.1 Å². The Balaban J connectivity index is 3.23. The molecule has 1 aromatic rings. The van der Waals surface area contributed by atoms with E-state index >= 15 is 0 Å². The van der Waals surface area contributed by atoms with Crippen LogP contribution >= 0.6 is 0 Å². The van der Waals surface area contributed by atoms with Gasteiger partial charge in [0, 0.05) is 12.1 Å². The number of carboxylic acid groups (broad SMARTS) is 1. The summed E-state index contributed by atoms with van der Waals surface area (Å²) >= 11 is 0. The Morgan fingerprint density at radius 1 is 1.80 bits per heavy atom.